The summed E-state index contributed by atoms with van der Waals surface area (Å²) in [6, 6.07) is 1.05. The second-order valence-electron chi connectivity index (χ2n) is 3.19. The van der Waals surface area contributed by atoms with E-state index in [2.05, 4.69) is 25.3 Å². The van der Waals surface area contributed by atoms with Crippen LogP contribution in [0, 0.1) is 0 Å². The van der Waals surface area contributed by atoms with Crippen molar-refractivity contribution in [2.24, 2.45) is 0 Å². The first kappa shape index (κ1) is 14.2. The Labute approximate surface area is 104 Å². The third kappa shape index (κ3) is 2.25. The van der Waals surface area contributed by atoms with Gasteiger partial charge in [0.2, 0.25) is 0 Å². The van der Waals surface area contributed by atoms with E-state index < -0.39 is 28.2 Å². The van der Waals surface area contributed by atoms with Gasteiger partial charge in [-0.1, -0.05) is 0 Å². The Bertz CT molecular complexity index is 432. The summed E-state index contributed by atoms with van der Waals surface area (Å²) in [6.07, 6.45) is -5.79. The van der Waals surface area contributed by atoms with Crippen LogP contribution in [0.25, 0.3) is 0 Å². The number of halogens is 5. The second kappa shape index (κ2) is 4.13. The third-order valence-corrected chi connectivity index (χ3v) is 2.87. The minimum atomic E-state index is -5.79. The van der Waals surface area contributed by atoms with Crippen LogP contribution in [0.1, 0.15) is 5.56 Å². The van der Waals surface area contributed by atoms with E-state index in [1.54, 1.807) is 0 Å². The van der Waals surface area contributed by atoms with E-state index in [0.717, 1.165) is 6.07 Å². The lowest BCUT2D eigenvalue weighted by atomic mass is 10.0. The van der Waals surface area contributed by atoms with E-state index in [1.807, 2.05) is 0 Å². The van der Waals surface area contributed by atoms with Crippen LogP contribution in [0.15, 0.2) is 15.9 Å². The lowest BCUT2D eigenvalue weighted by Crippen LogP contribution is -2.35. The summed E-state index contributed by atoms with van der Waals surface area (Å²) in [6.45, 7) is 0. The van der Waals surface area contributed by atoms with Gasteiger partial charge in [-0.05, 0) is 6.07 Å². The predicted molar refractivity (Wildman–Crippen MR) is 59.7 cm³/mol. The Balaban J connectivity index is 3.62. The fourth-order valence-corrected chi connectivity index (χ4v) is 1.73. The Kier molecular flexibility index (Phi) is 3.45. The molecule has 0 heterocycles. The molecule has 0 radical (unpaired) electrons. The van der Waals surface area contributed by atoms with Crippen LogP contribution in [-0.4, -0.2) is 6.18 Å². The average Bonchev–Trinajstić information content (AvgIpc) is 2.13. The van der Waals surface area contributed by atoms with Gasteiger partial charge in [-0.3, -0.25) is 0 Å². The van der Waals surface area contributed by atoms with Gasteiger partial charge in [-0.25, -0.2) is 0 Å². The maximum absolute atomic E-state index is 13.2. The fraction of sp³-hybridized carbons (Fsp3) is 0.250. The van der Waals surface area contributed by atoms with Crippen LogP contribution < -0.4 is 11.5 Å². The Morgan fingerprint density at radius 1 is 1.00 bits per heavy atom. The van der Waals surface area contributed by atoms with Crippen molar-refractivity contribution in [1.82, 2.24) is 0 Å². The molecule has 2 nitrogen and oxygen atoms in total. The third-order valence-electron chi connectivity index (χ3n) is 2.02. The highest BCUT2D eigenvalue weighted by Gasteiger charge is 2.60. The average molecular weight is 290 g/mol. The van der Waals surface area contributed by atoms with Crippen molar-refractivity contribution in [1.29, 1.82) is 0 Å². The smallest absolute Gasteiger partial charge is 0.398 e. The Morgan fingerprint density at radius 2 is 1.47 bits per heavy atom. The van der Waals surface area contributed by atoms with Gasteiger partial charge in [-0.2, -0.15) is 22.0 Å². The molecule has 0 aliphatic carbocycles. The van der Waals surface area contributed by atoms with Crippen molar-refractivity contribution >= 4 is 36.6 Å². The van der Waals surface area contributed by atoms with E-state index in [0.29, 0.717) is 0 Å². The Hall–Kier alpha value is -0.830. The second-order valence-corrected chi connectivity index (χ2v) is 4.12. The molecule has 0 amide bonds. The van der Waals surface area contributed by atoms with Gasteiger partial charge < -0.3 is 11.5 Å². The van der Waals surface area contributed by atoms with Crippen molar-refractivity contribution in [2.75, 3.05) is 11.5 Å². The van der Waals surface area contributed by atoms with E-state index >= 15 is 0 Å². The van der Waals surface area contributed by atoms with Crippen LogP contribution in [0.4, 0.5) is 33.3 Å². The highest BCUT2D eigenvalue weighted by molar-refractivity contribution is 7.81. The van der Waals surface area contributed by atoms with Crippen molar-refractivity contribution in [3.05, 3.63) is 11.6 Å². The topological polar surface area (TPSA) is 52.0 Å². The molecule has 0 bridgehead atoms. The van der Waals surface area contributed by atoms with E-state index in [-0.39, 0.29) is 10.6 Å². The van der Waals surface area contributed by atoms with Crippen LogP contribution in [0.2, 0.25) is 0 Å². The summed E-state index contributed by atoms with van der Waals surface area (Å²) in [4.78, 5) is -0.971. The first-order chi connectivity index (χ1) is 7.50. The van der Waals surface area contributed by atoms with Gasteiger partial charge in [0.1, 0.15) is 0 Å². The molecule has 0 aromatic heterocycles. The zero-order valence-electron chi connectivity index (χ0n) is 8.02. The van der Waals surface area contributed by atoms with Crippen molar-refractivity contribution in [3.63, 3.8) is 0 Å². The number of nitrogens with two attached hydrogens (primary N) is 2. The molecule has 9 heteroatoms. The zero-order valence-corrected chi connectivity index (χ0v) is 9.81. The van der Waals surface area contributed by atoms with Crippen molar-refractivity contribution in [3.8, 4) is 0 Å². The molecule has 0 saturated carbocycles. The molecule has 1 aromatic carbocycles. The SMILES string of the molecule is Nc1cc(S)c(N)c(C(F)(F)C(F)(F)F)c1S. The first-order valence-corrected chi connectivity index (χ1v) is 4.94. The largest absolute Gasteiger partial charge is 0.458 e. The van der Waals surface area contributed by atoms with Crippen LogP contribution >= 0.6 is 25.3 Å². The van der Waals surface area contributed by atoms with Gasteiger partial charge in [0, 0.05) is 15.5 Å². The number of thiol groups is 2. The monoisotopic (exact) mass is 290 g/mol. The molecule has 1 rings (SSSR count). The summed E-state index contributed by atoms with van der Waals surface area (Å²) in [5, 5.41) is 0. The van der Waals surface area contributed by atoms with Gasteiger partial charge in [0.05, 0.1) is 11.3 Å². The Morgan fingerprint density at radius 3 is 1.88 bits per heavy atom. The molecule has 0 unspecified atom stereocenters. The predicted octanol–water partition coefficient (Wildman–Crippen LogP) is 3.08. The van der Waals surface area contributed by atoms with E-state index in [1.165, 1.54) is 0 Å². The molecule has 0 atom stereocenters. The van der Waals surface area contributed by atoms with Gasteiger partial charge in [-0.15, -0.1) is 25.3 Å². The maximum atomic E-state index is 13.2. The van der Waals surface area contributed by atoms with E-state index in [9.17, 15) is 22.0 Å². The normalized spacial score (nSPS) is 12.9. The minimum Gasteiger partial charge on any atom is -0.398 e. The zero-order chi connectivity index (χ0) is 13.6. The maximum Gasteiger partial charge on any atom is 0.458 e. The minimum absolute atomic E-state index is 0.265. The van der Waals surface area contributed by atoms with Crippen LogP contribution in [0.3, 0.4) is 0 Å². The number of hydrogen-bond acceptors (Lipinski definition) is 4. The molecule has 4 N–H and O–H groups in total. The summed E-state index contributed by atoms with van der Waals surface area (Å²) in [7, 11) is 0. The number of rotatable bonds is 1. The number of anilines is 2. The summed E-state index contributed by atoms with van der Waals surface area (Å²) in [5.74, 6) is -5.14. The number of benzene rings is 1. The summed E-state index contributed by atoms with van der Waals surface area (Å²) < 4.78 is 63.1. The molecule has 0 aliphatic heterocycles. The summed E-state index contributed by atoms with van der Waals surface area (Å²) >= 11 is 7.21. The quantitative estimate of drug-likeness (QED) is 0.365. The molecule has 0 aliphatic rings. The molecule has 1 aromatic rings. The first-order valence-electron chi connectivity index (χ1n) is 4.05. The van der Waals surface area contributed by atoms with Gasteiger partial charge in [0.25, 0.3) is 0 Å². The van der Waals surface area contributed by atoms with Crippen LogP contribution in [-0.2, 0) is 5.92 Å². The standard InChI is InChI=1S/C8H7F5N2S2/c9-7(10,8(11,12)13)4-5(15)3(16)1-2(14)6(4)17/h1,16-17H,14-15H2. The van der Waals surface area contributed by atoms with Crippen LogP contribution in [0.5, 0.6) is 0 Å². The molecular formula is C8H7F5N2S2. The molecular weight excluding hydrogens is 283 g/mol. The highest BCUT2D eigenvalue weighted by atomic mass is 32.1. The highest BCUT2D eigenvalue weighted by Crippen LogP contribution is 2.50. The number of alkyl halides is 5. The molecule has 0 spiro atoms. The van der Waals surface area contributed by atoms with Gasteiger partial charge in [0.15, 0.2) is 0 Å². The van der Waals surface area contributed by atoms with Crippen molar-refractivity contribution in [2.45, 2.75) is 21.9 Å². The molecule has 96 valence electrons. The van der Waals surface area contributed by atoms with Crippen molar-refractivity contribution < 1.29 is 22.0 Å². The molecule has 17 heavy (non-hydrogen) atoms. The van der Waals surface area contributed by atoms with Gasteiger partial charge >= 0.3 is 12.1 Å². The van der Waals surface area contributed by atoms with E-state index in [4.69, 9.17) is 11.5 Å². The number of hydrogen-bond donors (Lipinski definition) is 4. The lowest BCUT2D eigenvalue weighted by molar-refractivity contribution is -0.290. The summed E-state index contributed by atoms with van der Waals surface area (Å²) in [5.41, 5.74) is 7.80. The lowest BCUT2D eigenvalue weighted by Gasteiger charge is -2.24. The molecule has 0 saturated heterocycles. The molecule has 0 fully saturated rings. The fourth-order valence-electron chi connectivity index (χ4n) is 1.15. The number of nitrogen functional groups attached to an aromatic ring is 2.